The first kappa shape index (κ1) is 15.5. The Morgan fingerprint density at radius 1 is 1.37 bits per heavy atom. The Bertz CT molecular complexity index is 598. The monoisotopic (exact) mass is 282 g/mol. The first-order chi connectivity index (χ1) is 8.84. The highest BCUT2D eigenvalue weighted by atomic mass is 32.2. The van der Waals surface area contributed by atoms with Gasteiger partial charge in [-0.05, 0) is 38.5 Å². The largest absolute Gasteiger partial charge is 0.384 e. The van der Waals surface area contributed by atoms with Gasteiger partial charge in [-0.25, -0.2) is 0 Å². The van der Waals surface area contributed by atoms with Crippen LogP contribution in [0.5, 0.6) is 0 Å². The second kappa shape index (κ2) is 6.57. The molecule has 0 bridgehead atoms. The fourth-order valence-electron chi connectivity index (χ4n) is 1.47. The number of aryl methyl sites for hydroxylation is 1. The van der Waals surface area contributed by atoms with Crippen molar-refractivity contribution in [3.63, 3.8) is 0 Å². The highest BCUT2D eigenvalue weighted by molar-refractivity contribution is 7.90. The van der Waals surface area contributed by atoms with Crippen LogP contribution in [0.2, 0.25) is 0 Å². The molecular formula is C13H18N2O3S. The van der Waals surface area contributed by atoms with Crippen LogP contribution in [0.1, 0.15) is 25.0 Å². The van der Waals surface area contributed by atoms with Gasteiger partial charge in [0.1, 0.15) is 6.61 Å². The van der Waals surface area contributed by atoms with Crippen LogP contribution in [0.3, 0.4) is 0 Å². The predicted octanol–water partition coefficient (Wildman–Crippen LogP) is 0.994. The van der Waals surface area contributed by atoms with Crippen LogP contribution in [0.4, 0.5) is 5.69 Å². The molecule has 104 valence electrons. The van der Waals surface area contributed by atoms with Gasteiger partial charge >= 0.3 is 0 Å². The van der Waals surface area contributed by atoms with Gasteiger partial charge in [-0.15, -0.1) is 0 Å². The zero-order valence-electron chi connectivity index (χ0n) is 11.2. The second-order valence-electron chi connectivity index (χ2n) is 4.39. The molecular weight excluding hydrogens is 264 g/mol. The van der Waals surface area contributed by atoms with E-state index in [4.69, 9.17) is 5.11 Å². The van der Waals surface area contributed by atoms with Crippen molar-refractivity contribution in [2.75, 3.05) is 11.3 Å². The number of rotatable bonds is 4. The van der Waals surface area contributed by atoms with Crippen LogP contribution in [0.25, 0.3) is 0 Å². The molecule has 0 fully saturated rings. The topological polar surface area (TPSA) is 78.4 Å². The first-order valence-electron chi connectivity index (χ1n) is 5.84. The molecule has 0 radical (unpaired) electrons. The summed E-state index contributed by atoms with van der Waals surface area (Å²) in [6, 6.07) is 5.00. The van der Waals surface area contributed by atoms with Gasteiger partial charge < -0.3 is 5.11 Å². The van der Waals surface area contributed by atoms with Crippen molar-refractivity contribution in [3.05, 3.63) is 29.3 Å². The molecule has 0 aliphatic carbocycles. The van der Waals surface area contributed by atoms with Crippen LogP contribution < -0.4 is 9.44 Å². The zero-order valence-corrected chi connectivity index (χ0v) is 12.0. The standard InChI is InChI=1S/C13H18N2O3S/c1-10(2)14-19(17,18)15-13-7-6-11(3)9-12(13)5-4-8-16/h6-7,9-10,14-16H,8H2,1-3H3. The summed E-state index contributed by atoms with van der Waals surface area (Å²) in [6.07, 6.45) is 0. The molecule has 0 saturated carbocycles. The van der Waals surface area contributed by atoms with E-state index in [1.165, 1.54) is 0 Å². The van der Waals surface area contributed by atoms with Crippen molar-refractivity contribution in [3.8, 4) is 11.8 Å². The van der Waals surface area contributed by atoms with Gasteiger partial charge in [0, 0.05) is 11.6 Å². The SMILES string of the molecule is Cc1ccc(NS(=O)(=O)NC(C)C)c(C#CCO)c1. The van der Waals surface area contributed by atoms with E-state index in [1.807, 2.05) is 6.92 Å². The van der Waals surface area contributed by atoms with E-state index in [2.05, 4.69) is 21.3 Å². The molecule has 0 saturated heterocycles. The Morgan fingerprint density at radius 2 is 2.05 bits per heavy atom. The van der Waals surface area contributed by atoms with Gasteiger partial charge in [-0.2, -0.15) is 13.1 Å². The first-order valence-corrected chi connectivity index (χ1v) is 7.33. The van der Waals surface area contributed by atoms with Gasteiger partial charge in [0.25, 0.3) is 10.2 Å². The number of anilines is 1. The molecule has 0 amide bonds. The minimum atomic E-state index is -3.62. The number of benzene rings is 1. The lowest BCUT2D eigenvalue weighted by Gasteiger charge is -2.13. The molecule has 6 heteroatoms. The summed E-state index contributed by atoms with van der Waals surface area (Å²) in [7, 11) is -3.62. The molecule has 0 aromatic heterocycles. The van der Waals surface area contributed by atoms with Crippen molar-refractivity contribution in [2.45, 2.75) is 26.8 Å². The Balaban J connectivity index is 3.07. The summed E-state index contributed by atoms with van der Waals surface area (Å²) in [5.74, 6) is 5.23. The molecule has 1 aromatic rings. The Labute approximate surface area is 114 Å². The fraction of sp³-hybridized carbons (Fsp3) is 0.385. The average Bonchev–Trinajstić information content (AvgIpc) is 2.27. The van der Waals surface area contributed by atoms with Crippen molar-refractivity contribution in [1.29, 1.82) is 0 Å². The van der Waals surface area contributed by atoms with Gasteiger partial charge in [-0.3, -0.25) is 4.72 Å². The maximum Gasteiger partial charge on any atom is 0.299 e. The van der Waals surface area contributed by atoms with Gasteiger partial charge in [0.2, 0.25) is 0 Å². The van der Waals surface area contributed by atoms with Gasteiger partial charge in [-0.1, -0.05) is 17.9 Å². The van der Waals surface area contributed by atoms with Crippen molar-refractivity contribution >= 4 is 15.9 Å². The molecule has 0 aliphatic heterocycles. The van der Waals surface area contributed by atoms with Crippen LogP contribution in [-0.2, 0) is 10.2 Å². The quantitative estimate of drug-likeness (QED) is 0.721. The molecule has 0 aliphatic rings. The highest BCUT2D eigenvalue weighted by Gasteiger charge is 2.13. The molecule has 5 nitrogen and oxygen atoms in total. The summed E-state index contributed by atoms with van der Waals surface area (Å²) in [6.45, 7) is 5.08. The Morgan fingerprint density at radius 3 is 2.63 bits per heavy atom. The number of aliphatic hydroxyl groups is 1. The molecule has 0 atom stereocenters. The number of aliphatic hydroxyl groups excluding tert-OH is 1. The third kappa shape index (κ3) is 5.30. The summed E-state index contributed by atoms with van der Waals surface area (Å²) in [4.78, 5) is 0. The van der Waals surface area contributed by atoms with E-state index in [0.717, 1.165) is 5.56 Å². The Hall–Kier alpha value is -1.55. The molecule has 1 aromatic carbocycles. The molecule has 0 heterocycles. The zero-order chi connectivity index (χ0) is 14.5. The third-order valence-electron chi connectivity index (χ3n) is 2.11. The number of nitrogens with one attached hydrogen (secondary N) is 2. The summed E-state index contributed by atoms with van der Waals surface area (Å²) in [5, 5.41) is 8.71. The van der Waals surface area contributed by atoms with Crippen molar-refractivity contribution in [2.24, 2.45) is 0 Å². The summed E-state index contributed by atoms with van der Waals surface area (Å²) < 4.78 is 28.5. The minimum Gasteiger partial charge on any atom is -0.384 e. The highest BCUT2D eigenvalue weighted by Crippen LogP contribution is 2.17. The molecule has 0 unspecified atom stereocenters. The second-order valence-corrected chi connectivity index (χ2v) is 5.83. The van der Waals surface area contributed by atoms with Crippen LogP contribution >= 0.6 is 0 Å². The maximum absolute atomic E-state index is 11.8. The van der Waals surface area contributed by atoms with Crippen LogP contribution in [0.15, 0.2) is 18.2 Å². The minimum absolute atomic E-state index is 0.199. The number of hydrogen-bond donors (Lipinski definition) is 3. The number of hydrogen-bond acceptors (Lipinski definition) is 3. The van der Waals surface area contributed by atoms with Gasteiger partial charge in [0.05, 0.1) is 5.69 Å². The Kier molecular flexibility index (Phi) is 5.36. The fourth-order valence-corrected chi connectivity index (χ4v) is 2.62. The van der Waals surface area contributed by atoms with Crippen molar-refractivity contribution < 1.29 is 13.5 Å². The lowest BCUT2D eigenvalue weighted by Crippen LogP contribution is -2.35. The summed E-state index contributed by atoms with van der Waals surface area (Å²) >= 11 is 0. The van der Waals surface area contributed by atoms with E-state index >= 15 is 0 Å². The van der Waals surface area contributed by atoms with E-state index in [-0.39, 0.29) is 12.6 Å². The van der Waals surface area contributed by atoms with Crippen LogP contribution in [0, 0.1) is 18.8 Å². The van der Waals surface area contributed by atoms with Crippen LogP contribution in [-0.4, -0.2) is 26.2 Å². The third-order valence-corrected chi connectivity index (χ3v) is 3.38. The van der Waals surface area contributed by atoms with Crippen molar-refractivity contribution in [1.82, 2.24) is 4.72 Å². The smallest absolute Gasteiger partial charge is 0.299 e. The summed E-state index contributed by atoms with van der Waals surface area (Å²) in [5.41, 5.74) is 1.88. The lowest BCUT2D eigenvalue weighted by atomic mass is 10.1. The predicted molar refractivity (Wildman–Crippen MR) is 76.0 cm³/mol. The van der Waals surface area contributed by atoms with E-state index in [9.17, 15) is 8.42 Å². The average molecular weight is 282 g/mol. The lowest BCUT2D eigenvalue weighted by molar-refractivity contribution is 0.350. The van der Waals surface area contributed by atoms with Gasteiger partial charge in [0.15, 0.2) is 0 Å². The molecule has 3 N–H and O–H groups in total. The molecule has 1 rings (SSSR count). The normalized spacial score (nSPS) is 11.0. The van der Waals surface area contributed by atoms with E-state index in [1.54, 1.807) is 32.0 Å². The maximum atomic E-state index is 11.8. The molecule has 19 heavy (non-hydrogen) atoms. The van der Waals surface area contributed by atoms with E-state index in [0.29, 0.717) is 11.3 Å². The van der Waals surface area contributed by atoms with E-state index < -0.39 is 10.2 Å². The molecule has 0 spiro atoms.